The third-order valence-electron chi connectivity index (χ3n) is 3.14. The maximum absolute atomic E-state index is 5.31. The molecule has 0 unspecified atom stereocenters. The van der Waals surface area contributed by atoms with Crippen LogP contribution in [-0.2, 0) is 0 Å². The second-order valence-corrected chi connectivity index (χ2v) is 4.90. The summed E-state index contributed by atoms with van der Waals surface area (Å²) in [4.78, 5) is 0. The van der Waals surface area contributed by atoms with E-state index in [9.17, 15) is 0 Å². The van der Waals surface area contributed by atoms with Crippen LogP contribution in [0.25, 0.3) is 0 Å². The highest BCUT2D eigenvalue weighted by Gasteiger charge is 1.90. The minimum absolute atomic E-state index is 1.01. The zero-order valence-corrected chi connectivity index (χ0v) is 11.8. The third-order valence-corrected chi connectivity index (χ3v) is 3.14. The summed E-state index contributed by atoms with van der Waals surface area (Å²) in [5.41, 5.74) is 0. The number of unbranched alkanes of at least 4 members (excludes halogenated alkanes) is 10. The first-order chi connectivity index (χ1) is 8.41. The van der Waals surface area contributed by atoms with Gasteiger partial charge in [-0.3, -0.25) is 0 Å². The van der Waals surface area contributed by atoms with Gasteiger partial charge >= 0.3 is 0 Å². The summed E-state index contributed by atoms with van der Waals surface area (Å²) >= 11 is 0. The van der Waals surface area contributed by atoms with Crippen molar-refractivity contribution >= 4 is 0 Å². The van der Waals surface area contributed by atoms with Gasteiger partial charge in [-0.25, -0.2) is 0 Å². The zero-order valence-electron chi connectivity index (χ0n) is 11.8. The first kappa shape index (κ1) is 16.5. The van der Waals surface area contributed by atoms with Gasteiger partial charge in [0, 0.05) is 0 Å². The van der Waals surface area contributed by atoms with E-state index >= 15 is 0 Å². The Labute approximate surface area is 109 Å². The molecule has 99 valence electrons. The second kappa shape index (κ2) is 15.5. The van der Waals surface area contributed by atoms with Gasteiger partial charge in [0.2, 0.25) is 0 Å². The summed E-state index contributed by atoms with van der Waals surface area (Å²) in [7, 11) is 0. The topological polar surface area (TPSA) is 0 Å². The molecule has 0 aliphatic rings. The summed E-state index contributed by atoms with van der Waals surface area (Å²) in [6, 6.07) is 0. The highest BCUT2D eigenvalue weighted by atomic mass is 14.0. The van der Waals surface area contributed by atoms with E-state index in [0.717, 1.165) is 12.8 Å². The van der Waals surface area contributed by atoms with Crippen molar-refractivity contribution in [1.29, 1.82) is 0 Å². The number of allylic oxidation sites excluding steroid dienone is 3. The van der Waals surface area contributed by atoms with Gasteiger partial charge in [0.05, 0.1) is 0 Å². The molecule has 0 fully saturated rings. The van der Waals surface area contributed by atoms with Crippen molar-refractivity contribution in [2.45, 2.75) is 84.0 Å². The van der Waals surface area contributed by atoms with E-state index in [-0.39, 0.29) is 0 Å². The second-order valence-electron chi connectivity index (χ2n) is 4.90. The van der Waals surface area contributed by atoms with E-state index in [0.29, 0.717) is 0 Å². The van der Waals surface area contributed by atoms with Gasteiger partial charge < -0.3 is 0 Å². The van der Waals surface area contributed by atoms with Crippen LogP contribution in [0.3, 0.4) is 0 Å². The predicted molar refractivity (Wildman–Crippen MR) is 79.1 cm³/mol. The van der Waals surface area contributed by atoms with Crippen LogP contribution in [0.5, 0.6) is 0 Å². The average molecular weight is 235 g/mol. The molecular formula is C17H31. The first-order valence-electron chi connectivity index (χ1n) is 7.60. The SMILES string of the molecule is [CH]=CCCC=CCCCCCCCCCCC. The Hall–Kier alpha value is -0.520. The molecule has 0 aromatic rings. The molecule has 0 bridgehead atoms. The average Bonchev–Trinajstić information content (AvgIpc) is 2.35. The number of rotatable bonds is 13. The highest BCUT2D eigenvalue weighted by molar-refractivity contribution is 4.83. The van der Waals surface area contributed by atoms with Gasteiger partial charge in [-0.15, -0.1) is 0 Å². The third kappa shape index (κ3) is 15.5. The molecule has 0 amide bonds. The van der Waals surface area contributed by atoms with E-state index in [1.807, 2.05) is 0 Å². The minimum atomic E-state index is 1.01. The fourth-order valence-electron chi connectivity index (χ4n) is 2.00. The molecule has 0 saturated carbocycles. The normalized spacial score (nSPS) is 11.1. The van der Waals surface area contributed by atoms with Crippen LogP contribution in [0.4, 0.5) is 0 Å². The molecule has 0 aliphatic heterocycles. The molecule has 0 rings (SSSR count). The summed E-state index contributed by atoms with van der Waals surface area (Å²) in [6.45, 7) is 7.59. The smallest absolute Gasteiger partial charge is 0.0313 e. The van der Waals surface area contributed by atoms with Crippen molar-refractivity contribution in [2.24, 2.45) is 0 Å². The molecule has 0 aliphatic carbocycles. The fourth-order valence-corrected chi connectivity index (χ4v) is 2.00. The Balaban J connectivity index is 2.98. The Kier molecular flexibility index (Phi) is 15.0. The molecule has 0 saturated heterocycles. The summed E-state index contributed by atoms with van der Waals surface area (Å²) in [6.07, 6.45) is 22.4. The largest absolute Gasteiger partial charge is 0.0885 e. The molecule has 0 heteroatoms. The molecule has 1 radical (unpaired) electrons. The summed E-state index contributed by atoms with van der Waals surface area (Å²) < 4.78 is 0. The van der Waals surface area contributed by atoms with Gasteiger partial charge in [0.1, 0.15) is 0 Å². The van der Waals surface area contributed by atoms with E-state index in [1.54, 1.807) is 6.08 Å². The van der Waals surface area contributed by atoms with Gasteiger partial charge in [0.25, 0.3) is 0 Å². The monoisotopic (exact) mass is 235 g/mol. The molecule has 0 heterocycles. The number of hydrogen-bond acceptors (Lipinski definition) is 0. The van der Waals surface area contributed by atoms with Crippen LogP contribution in [-0.4, -0.2) is 0 Å². The van der Waals surface area contributed by atoms with Gasteiger partial charge in [-0.1, -0.05) is 83.1 Å². The van der Waals surface area contributed by atoms with Gasteiger partial charge in [0.15, 0.2) is 0 Å². The number of hydrogen-bond donors (Lipinski definition) is 0. The lowest BCUT2D eigenvalue weighted by Gasteiger charge is -2.00. The van der Waals surface area contributed by atoms with Crippen LogP contribution in [0, 0.1) is 6.58 Å². The van der Waals surface area contributed by atoms with Crippen molar-refractivity contribution in [1.82, 2.24) is 0 Å². The Bertz CT molecular complexity index is 167. The van der Waals surface area contributed by atoms with E-state index in [2.05, 4.69) is 19.1 Å². The van der Waals surface area contributed by atoms with Crippen LogP contribution < -0.4 is 0 Å². The lowest BCUT2D eigenvalue weighted by atomic mass is 10.1. The lowest BCUT2D eigenvalue weighted by molar-refractivity contribution is 0.566. The van der Waals surface area contributed by atoms with Crippen LogP contribution in [0.1, 0.15) is 84.0 Å². The summed E-state index contributed by atoms with van der Waals surface area (Å²) in [5, 5.41) is 0. The van der Waals surface area contributed by atoms with E-state index < -0.39 is 0 Å². The highest BCUT2D eigenvalue weighted by Crippen LogP contribution is 2.10. The molecule has 0 N–H and O–H groups in total. The standard InChI is InChI=1S/C17H31/c1-3-5-7-9-11-13-15-17-16-14-12-10-8-6-4-2/h1,3,9,11H,4-8,10,12-17H2,2H3. The van der Waals surface area contributed by atoms with Crippen molar-refractivity contribution in [3.8, 4) is 0 Å². The Morgan fingerprint density at radius 2 is 1.18 bits per heavy atom. The molecule has 0 spiro atoms. The molecule has 0 atom stereocenters. The molecule has 0 aromatic heterocycles. The van der Waals surface area contributed by atoms with Crippen molar-refractivity contribution < 1.29 is 0 Å². The first-order valence-corrected chi connectivity index (χ1v) is 7.60. The molecule has 0 nitrogen and oxygen atoms in total. The maximum Gasteiger partial charge on any atom is -0.0313 e. The van der Waals surface area contributed by atoms with Gasteiger partial charge in [-0.2, -0.15) is 0 Å². The van der Waals surface area contributed by atoms with Gasteiger partial charge in [-0.05, 0) is 25.7 Å². The van der Waals surface area contributed by atoms with E-state index in [1.165, 1.54) is 64.2 Å². The van der Waals surface area contributed by atoms with E-state index in [4.69, 9.17) is 6.58 Å². The van der Waals surface area contributed by atoms with Crippen LogP contribution in [0.2, 0.25) is 0 Å². The van der Waals surface area contributed by atoms with Crippen molar-refractivity contribution in [2.75, 3.05) is 0 Å². The van der Waals surface area contributed by atoms with Crippen molar-refractivity contribution in [3.63, 3.8) is 0 Å². The quantitative estimate of drug-likeness (QED) is 0.262. The minimum Gasteiger partial charge on any atom is -0.0885 e. The fraction of sp³-hybridized carbons (Fsp3) is 0.765. The van der Waals surface area contributed by atoms with Crippen LogP contribution >= 0.6 is 0 Å². The molecule has 0 aromatic carbocycles. The zero-order chi connectivity index (χ0) is 12.6. The molecular weight excluding hydrogens is 204 g/mol. The lowest BCUT2D eigenvalue weighted by Crippen LogP contribution is -1.80. The predicted octanol–water partition coefficient (Wildman–Crippen LogP) is 6.23. The molecule has 17 heavy (non-hydrogen) atoms. The van der Waals surface area contributed by atoms with Crippen molar-refractivity contribution in [3.05, 3.63) is 24.8 Å². The Morgan fingerprint density at radius 3 is 1.76 bits per heavy atom. The Morgan fingerprint density at radius 1 is 0.647 bits per heavy atom. The van der Waals surface area contributed by atoms with Crippen LogP contribution in [0.15, 0.2) is 18.2 Å². The maximum atomic E-state index is 5.31. The summed E-state index contributed by atoms with van der Waals surface area (Å²) in [5.74, 6) is 0.